The molecule has 0 saturated heterocycles. The van der Waals surface area contributed by atoms with E-state index in [2.05, 4.69) is 20.3 Å². The maximum Gasteiger partial charge on any atom is 0.408 e. The number of carbonyl (C=O) groups excluding carboxylic acids is 2. The molecule has 29 heavy (non-hydrogen) atoms. The van der Waals surface area contributed by atoms with Gasteiger partial charge in [0, 0.05) is 18.5 Å². The van der Waals surface area contributed by atoms with E-state index in [-0.39, 0.29) is 24.2 Å². The minimum atomic E-state index is -4.46. The van der Waals surface area contributed by atoms with Gasteiger partial charge in [-0.05, 0) is 18.2 Å². The fraction of sp³-hybridized carbons (Fsp3) is 0.235. The lowest BCUT2D eigenvalue weighted by Crippen LogP contribution is -2.31. The number of carbonyl (C=O) groups is 2. The van der Waals surface area contributed by atoms with Crippen LogP contribution in [0.1, 0.15) is 20.7 Å². The van der Waals surface area contributed by atoms with Gasteiger partial charge in [0.25, 0.3) is 11.8 Å². The Bertz CT molecular complexity index is 931. The lowest BCUT2D eigenvalue weighted by atomic mass is 10.1. The van der Waals surface area contributed by atoms with Crippen molar-refractivity contribution in [1.29, 1.82) is 0 Å². The first-order chi connectivity index (χ1) is 13.7. The van der Waals surface area contributed by atoms with Gasteiger partial charge in [0.05, 0.1) is 11.1 Å². The van der Waals surface area contributed by atoms with Gasteiger partial charge in [-0.15, -0.1) is 0 Å². The zero-order valence-corrected chi connectivity index (χ0v) is 15.6. The molecule has 2 heterocycles. The number of halogens is 3. The summed E-state index contributed by atoms with van der Waals surface area (Å²) in [5.74, 6) is -0.617. The minimum Gasteiger partial charge on any atom is -0.370 e. The van der Waals surface area contributed by atoms with E-state index in [9.17, 15) is 22.8 Å². The zero-order valence-electron chi connectivity index (χ0n) is 14.8. The average molecular weight is 424 g/mol. The van der Waals surface area contributed by atoms with Crippen molar-refractivity contribution in [1.82, 2.24) is 14.9 Å². The summed E-state index contributed by atoms with van der Waals surface area (Å²) in [5, 5.41) is 2.76. The number of nitrogens with one attached hydrogen (secondary N) is 1. The topological polar surface area (TPSA) is 114 Å². The Morgan fingerprint density at radius 1 is 1.17 bits per heavy atom. The number of hydrogen-bond donors (Lipinski definition) is 2. The number of hydrogen-bond acceptors (Lipinski definition) is 6. The van der Waals surface area contributed by atoms with Crippen LogP contribution in [0, 0.1) is 0 Å². The van der Waals surface area contributed by atoms with E-state index in [1.165, 1.54) is 24.0 Å². The Hall–Kier alpha value is -3.15. The SMILES string of the molecule is NC(=NCC(F)(F)F)Nc1ccnc(SCCN2C(=O)c3ccccc3C2=O)n1. The summed E-state index contributed by atoms with van der Waals surface area (Å²) in [5.41, 5.74) is 6.16. The molecule has 3 rings (SSSR count). The number of aromatic nitrogens is 2. The molecule has 1 aliphatic heterocycles. The summed E-state index contributed by atoms with van der Waals surface area (Å²) in [6.45, 7) is -1.24. The van der Waals surface area contributed by atoms with E-state index >= 15 is 0 Å². The Morgan fingerprint density at radius 2 is 1.83 bits per heavy atom. The first-order valence-electron chi connectivity index (χ1n) is 8.29. The second kappa shape index (κ2) is 8.47. The highest BCUT2D eigenvalue weighted by atomic mass is 32.2. The van der Waals surface area contributed by atoms with Crippen LogP contribution in [0.15, 0.2) is 46.7 Å². The number of anilines is 1. The fourth-order valence-corrected chi connectivity index (χ4v) is 3.25. The van der Waals surface area contributed by atoms with Gasteiger partial charge >= 0.3 is 6.18 Å². The first kappa shape index (κ1) is 20.6. The standard InChI is InChI=1S/C17H15F3N6O2S/c18-17(19,20)9-23-15(21)24-12-5-6-22-16(25-12)29-8-7-26-13(27)10-3-1-2-4-11(10)14(26)28/h1-6H,7-9H2,(H3,21,22,23,24,25). The van der Waals surface area contributed by atoms with Gasteiger partial charge in [0.15, 0.2) is 11.1 Å². The van der Waals surface area contributed by atoms with Crippen molar-refractivity contribution in [2.45, 2.75) is 11.3 Å². The van der Waals surface area contributed by atoms with Gasteiger partial charge in [-0.25, -0.2) is 15.0 Å². The van der Waals surface area contributed by atoms with Crippen LogP contribution in [0.2, 0.25) is 0 Å². The number of guanidine groups is 1. The van der Waals surface area contributed by atoms with Gasteiger partial charge in [-0.3, -0.25) is 14.5 Å². The maximum atomic E-state index is 12.3. The van der Waals surface area contributed by atoms with Crippen molar-refractivity contribution < 1.29 is 22.8 Å². The Kier molecular flexibility index (Phi) is 6.01. The van der Waals surface area contributed by atoms with Crippen molar-refractivity contribution in [3.05, 3.63) is 47.7 Å². The second-order valence-electron chi connectivity index (χ2n) is 5.82. The molecular weight excluding hydrogens is 409 g/mol. The van der Waals surface area contributed by atoms with Crippen molar-refractivity contribution in [3.8, 4) is 0 Å². The summed E-state index contributed by atoms with van der Waals surface area (Å²) in [6.07, 6.45) is -3.06. The Balaban J connectivity index is 1.55. The lowest BCUT2D eigenvalue weighted by molar-refractivity contribution is -0.118. The molecule has 0 fully saturated rings. The van der Waals surface area contributed by atoms with E-state index in [0.29, 0.717) is 22.0 Å². The van der Waals surface area contributed by atoms with Gasteiger partial charge < -0.3 is 11.1 Å². The molecule has 1 aromatic carbocycles. The molecule has 1 aromatic heterocycles. The van der Waals surface area contributed by atoms with Gasteiger partial charge in [0.1, 0.15) is 12.4 Å². The van der Waals surface area contributed by atoms with Crippen LogP contribution < -0.4 is 11.1 Å². The van der Waals surface area contributed by atoms with Gasteiger partial charge in [-0.1, -0.05) is 23.9 Å². The van der Waals surface area contributed by atoms with Crippen LogP contribution >= 0.6 is 11.8 Å². The lowest BCUT2D eigenvalue weighted by Gasteiger charge is -2.13. The number of nitrogens with zero attached hydrogens (tertiary/aromatic N) is 4. The number of imide groups is 1. The summed E-state index contributed by atoms with van der Waals surface area (Å²) < 4.78 is 36.5. The Labute approximate surface area is 167 Å². The minimum absolute atomic E-state index is 0.160. The third-order valence-electron chi connectivity index (χ3n) is 3.74. The number of thioether (sulfide) groups is 1. The molecular formula is C17H15F3N6O2S. The highest BCUT2D eigenvalue weighted by Gasteiger charge is 2.34. The maximum absolute atomic E-state index is 12.3. The number of fused-ring (bicyclic) bond motifs is 1. The molecule has 0 bridgehead atoms. The van der Waals surface area contributed by atoms with Gasteiger partial charge in [-0.2, -0.15) is 13.2 Å². The smallest absolute Gasteiger partial charge is 0.370 e. The summed E-state index contributed by atoms with van der Waals surface area (Å²) >= 11 is 1.18. The van der Waals surface area contributed by atoms with Crippen LogP contribution in [0.4, 0.5) is 19.0 Å². The van der Waals surface area contributed by atoms with Gasteiger partial charge in [0.2, 0.25) is 0 Å². The quantitative estimate of drug-likeness (QED) is 0.240. The van der Waals surface area contributed by atoms with Crippen LogP contribution in [0.25, 0.3) is 0 Å². The molecule has 0 aliphatic carbocycles. The van der Waals surface area contributed by atoms with Crippen molar-refractivity contribution in [2.75, 3.05) is 24.2 Å². The van der Waals surface area contributed by atoms with Crippen molar-refractivity contribution >= 4 is 35.4 Å². The van der Waals surface area contributed by atoms with E-state index < -0.39 is 18.7 Å². The molecule has 0 atom stereocenters. The molecule has 2 aromatic rings. The molecule has 0 saturated carbocycles. The van der Waals surface area contributed by atoms with Crippen LogP contribution in [-0.4, -0.2) is 57.7 Å². The highest BCUT2D eigenvalue weighted by molar-refractivity contribution is 7.99. The summed E-state index contributed by atoms with van der Waals surface area (Å²) in [7, 11) is 0. The predicted molar refractivity (Wildman–Crippen MR) is 101 cm³/mol. The Morgan fingerprint density at radius 3 is 2.45 bits per heavy atom. The highest BCUT2D eigenvalue weighted by Crippen LogP contribution is 2.23. The molecule has 3 N–H and O–H groups in total. The number of nitrogens with two attached hydrogens (primary N) is 1. The number of aliphatic imine (C=N–C) groups is 1. The first-order valence-corrected chi connectivity index (χ1v) is 9.28. The second-order valence-corrected chi connectivity index (χ2v) is 6.88. The van der Waals surface area contributed by atoms with E-state index in [4.69, 9.17) is 5.73 Å². The molecule has 8 nitrogen and oxygen atoms in total. The molecule has 1 aliphatic rings. The monoisotopic (exact) mass is 424 g/mol. The third kappa shape index (κ3) is 5.22. The number of rotatable bonds is 6. The molecule has 0 radical (unpaired) electrons. The van der Waals surface area contributed by atoms with Crippen molar-refractivity contribution in [2.24, 2.45) is 10.7 Å². The summed E-state index contributed by atoms with van der Waals surface area (Å²) in [4.78, 5) is 37.1. The van der Waals surface area contributed by atoms with Crippen molar-refractivity contribution in [3.63, 3.8) is 0 Å². The normalized spacial score (nSPS) is 14.3. The van der Waals surface area contributed by atoms with E-state index in [1.807, 2.05) is 0 Å². The number of benzene rings is 1. The number of alkyl halides is 3. The zero-order chi connectivity index (χ0) is 21.0. The molecule has 12 heteroatoms. The molecule has 0 spiro atoms. The third-order valence-corrected chi connectivity index (χ3v) is 4.58. The van der Waals surface area contributed by atoms with E-state index in [1.54, 1.807) is 24.3 Å². The fourth-order valence-electron chi connectivity index (χ4n) is 2.50. The predicted octanol–water partition coefficient (Wildman–Crippen LogP) is 2.15. The number of amides is 2. The van der Waals surface area contributed by atoms with E-state index in [0.717, 1.165) is 4.90 Å². The van der Waals surface area contributed by atoms with Crippen LogP contribution in [0.5, 0.6) is 0 Å². The molecule has 152 valence electrons. The summed E-state index contributed by atoms with van der Waals surface area (Å²) in [6, 6.07) is 8.01. The average Bonchev–Trinajstić information content (AvgIpc) is 2.91. The largest absolute Gasteiger partial charge is 0.408 e. The van der Waals surface area contributed by atoms with Crippen LogP contribution in [-0.2, 0) is 0 Å². The molecule has 2 amide bonds. The molecule has 0 unspecified atom stereocenters. The van der Waals surface area contributed by atoms with Crippen LogP contribution in [0.3, 0.4) is 0 Å².